The van der Waals surface area contributed by atoms with E-state index in [-0.39, 0.29) is 29.5 Å². The van der Waals surface area contributed by atoms with Crippen LogP contribution in [0.2, 0.25) is 0 Å². The Morgan fingerprint density at radius 2 is 1.58 bits per heavy atom. The van der Waals surface area contributed by atoms with Crippen molar-refractivity contribution in [3.8, 4) is 5.75 Å². The monoisotopic (exact) mass is 350 g/mol. The normalized spacial score (nSPS) is 10.8. The Morgan fingerprint density at radius 1 is 0.885 bits per heavy atom. The molecule has 3 aromatic rings. The molecule has 0 N–H and O–H groups in total. The number of rotatable bonds is 6. The molecule has 0 aliphatic rings. The van der Waals surface area contributed by atoms with Crippen LogP contribution in [0.4, 0.5) is 8.78 Å². The highest BCUT2D eigenvalue weighted by Crippen LogP contribution is 2.22. The first-order valence-corrected chi connectivity index (χ1v) is 8.06. The van der Waals surface area contributed by atoms with Crippen molar-refractivity contribution in [1.29, 1.82) is 0 Å². The van der Waals surface area contributed by atoms with E-state index in [4.69, 9.17) is 4.74 Å². The molecule has 26 heavy (non-hydrogen) atoms. The van der Waals surface area contributed by atoms with E-state index in [0.717, 1.165) is 5.56 Å². The molecule has 3 rings (SSSR count). The quantitative estimate of drug-likeness (QED) is 0.437. The topological polar surface area (TPSA) is 26.3 Å². The van der Waals surface area contributed by atoms with E-state index >= 15 is 0 Å². The summed E-state index contributed by atoms with van der Waals surface area (Å²) in [5, 5.41) is 0. The van der Waals surface area contributed by atoms with Crippen molar-refractivity contribution in [2.45, 2.75) is 6.61 Å². The summed E-state index contributed by atoms with van der Waals surface area (Å²) in [5.41, 5.74) is 1.87. The van der Waals surface area contributed by atoms with Gasteiger partial charge in [0.25, 0.3) is 0 Å². The molecule has 0 aliphatic carbocycles. The number of hydrogen-bond acceptors (Lipinski definition) is 2. The van der Waals surface area contributed by atoms with E-state index in [0.29, 0.717) is 5.56 Å². The summed E-state index contributed by atoms with van der Waals surface area (Å²) in [5.74, 6) is -0.962. The molecule has 0 amide bonds. The lowest BCUT2D eigenvalue weighted by Gasteiger charge is -2.10. The van der Waals surface area contributed by atoms with Crippen LogP contribution in [0.3, 0.4) is 0 Å². The van der Waals surface area contributed by atoms with Crippen molar-refractivity contribution in [2.24, 2.45) is 0 Å². The van der Waals surface area contributed by atoms with Crippen LogP contribution in [-0.4, -0.2) is 5.78 Å². The van der Waals surface area contributed by atoms with E-state index in [2.05, 4.69) is 0 Å². The van der Waals surface area contributed by atoms with Crippen LogP contribution in [0.25, 0.3) is 6.08 Å². The smallest absolute Gasteiger partial charge is 0.189 e. The zero-order chi connectivity index (χ0) is 18.4. The van der Waals surface area contributed by atoms with Gasteiger partial charge >= 0.3 is 0 Å². The molecule has 130 valence electrons. The lowest BCUT2D eigenvalue weighted by Crippen LogP contribution is -2.03. The van der Waals surface area contributed by atoms with Crippen molar-refractivity contribution in [3.05, 3.63) is 107 Å². The fraction of sp³-hybridized carbons (Fsp3) is 0.0455. The minimum Gasteiger partial charge on any atom is -0.488 e. The average Bonchev–Trinajstić information content (AvgIpc) is 2.66. The summed E-state index contributed by atoms with van der Waals surface area (Å²) in [7, 11) is 0. The van der Waals surface area contributed by atoms with Gasteiger partial charge in [0.05, 0.1) is 5.56 Å². The predicted octanol–water partition coefficient (Wildman–Crippen LogP) is 5.44. The van der Waals surface area contributed by atoms with Gasteiger partial charge in [-0.2, -0.15) is 0 Å². The summed E-state index contributed by atoms with van der Waals surface area (Å²) in [6.45, 7) is 0.228. The summed E-state index contributed by atoms with van der Waals surface area (Å²) < 4.78 is 32.2. The van der Waals surface area contributed by atoms with Gasteiger partial charge < -0.3 is 4.74 Å². The number of allylic oxidation sites excluding steroid dienone is 1. The van der Waals surface area contributed by atoms with Crippen LogP contribution < -0.4 is 4.74 Å². The Hall–Kier alpha value is -3.27. The fourth-order valence-corrected chi connectivity index (χ4v) is 2.39. The van der Waals surface area contributed by atoms with Gasteiger partial charge in [-0.1, -0.05) is 48.5 Å². The third-order valence-electron chi connectivity index (χ3n) is 3.74. The molecule has 0 radical (unpaired) electrons. The Balaban J connectivity index is 1.77. The summed E-state index contributed by atoms with van der Waals surface area (Å²) in [4.78, 5) is 12.5. The van der Waals surface area contributed by atoms with Crippen molar-refractivity contribution in [3.63, 3.8) is 0 Å². The molecule has 0 saturated carbocycles. The Bertz CT molecular complexity index is 917. The molecule has 0 unspecified atom stereocenters. The number of benzene rings is 3. The lowest BCUT2D eigenvalue weighted by atomic mass is 10.1. The van der Waals surface area contributed by atoms with Crippen LogP contribution in [0.5, 0.6) is 5.75 Å². The molecule has 0 aromatic heterocycles. The standard InChI is InChI=1S/C22H16F2O2/c23-18-9-6-16(7-10-18)8-13-21(25)20-12-11-19(24)14-22(20)26-15-17-4-2-1-3-5-17/h1-14H,15H2. The molecule has 0 heterocycles. The van der Waals surface area contributed by atoms with Crippen LogP contribution >= 0.6 is 0 Å². The van der Waals surface area contributed by atoms with Crippen LogP contribution in [-0.2, 0) is 6.61 Å². The van der Waals surface area contributed by atoms with E-state index in [1.807, 2.05) is 30.3 Å². The number of carbonyl (C=O) groups is 1. The molecule has 0 spiro atoms. The Morgan fingerprint density at radius 3 is 2.31 bits per heavy atom. The van der Waals surface area contributed by atoms with Crippen LogP contribution in [0.1, 0.15) is 21.5 Å². The van der Waals surface area contributed by atoms with Gasteiger partial charge in [-0.15, -0.1) is 0 Å². The first kappa shape index (κ1) is 17.5. The van der Waals surface area contributed by atoms with Gasteiger partial charge in [0.15, 0.2) is 5.78 Å². The van der Waals surface area contributed by atoms with Gasteiger partial charge in [0.1, 0.15) is 24.0 Å². The van der Waals surface area contributed by atoms with Crippen LogP contribution in [0, 0.1) is 11.6 Å². The summed E-state index contributed by atoms with van der Waals surface area (Å²) >= 11 is 0. The van der Waals surface area contributed by atoms with Crippen molar-refractivity contribution < 1.29 is 18.3 Å². The number of carbonyl (C=O) groups excluding carboxylic acids is 1. The largest absolute Gasteiger partial charge is 0.488 e. The van der Waals surface area contributed by atoms with E-state index in [9.17, 15) is 13.6 Å². The average molecular weight is 350 g/mol. The van der Waals surface area contributed by atoms with Crippen molar-refractivity contribution in [2.75, 3.05) is 0 Å². The molecule has 0 bridgehead atoms. The SMILES string of the molecule is O=C(C=Cc1ccc(F)cc1)c1ccc(F)cc1OCc1ccccc1. The maximum absolute atomic E-state index is 13.6. The Kier molecular flexibility index (Phi) is 5.54. The second-order valence-corrected chi connectivity index (χ2v) is 5.66. The molecule has 0 fully saturated rings. The third kappa shape index (κ3) is 4.63. The van der Waals surface area contributed by atoms with Gasteiger partial charge in [-0.3, -0.25) is 4.79 Å². The van der Waals surface area contributed by atoms with Crippen molar-refractivity contribution >= 4 is 11.9 Å². The molecule has 2 nitrogen and oxygen atoms in total. The van der Waals surface area contributed by atoms with Crippen molar-refractivity contribution in [1.82, 2.24) is 0 Å². The van der Waals surface area contributed by atoms with E-state index in [1.165, 1.54) is 36.4 Å². The van der Waals surface area contributed by atoms with Gasteiger partial charge in [-0.25, -0.2) is 8.78 Å². The first-order valence-electron chi connectivity index (χ1n) is 8.06. The second kappa shape index (κ2) is 8.21. The van der Waals surface area contributed by atoms with Gasteiger partial charge in [0, 0.05) is 6.07 Å². The van der Waals surface area contributed by atoms with Crippen LogP contribution in [0.15, 0.2) is 78.9 Å². The Labute approximate surface area is 150 Å². The summed E-state index contributed by atoms with van der Waals surface area (Å²) in [6.07, 6.45) is 2.93. The van der Waals surface area contributed by atoms with E-state index < -0.39 is 5.82 Å². The number of hydrogen-bond donors (Lipinski definition) is 0. The lowest BCUT2D eigenvalue weighted by molar-refractivity contribution is 0.104. The number of halogens is 2. The maximum Gasteiger partial charge on any atom is 0.189 e. The molecule has 3 aromatic carbocycles. The molecule has 0 saturated heterocycles. The highest BCUT2D eigenvalue weighted by molar-refractivity contribution is 6.08. The molecular formula is C22H16F2O2. The maximum atomic E-state index is 13.6. The third-order valence-corrected chi connectivity index (χ3v) is 3.74. The van der Waals surface area contributed by atoms with Gasteiger partial charge in [0.2, 0.25) is 0 Å². The second-order valence-electron chi connectivity index (χ2n) is 5.66. The van der Waals surface area contributed by atoms with E-state index in [1.54, 1.807) is 18.2 Å². The highest BCUT2D eigenvalue weighted by atomic mass is 19.1. The molecule has 0 atom stereocenters. The number of ketones is 1. The fourth-order valence-electron chi connectivity index (χ4n) is 2.39. The predicted molar refractivity (Wildman–Crippen MR) is 96.9 cm³/mol. The minimum absolute atomic E-state index is 0.183. The zero-order valence-electron chi connectivity index (χ0n) is 13.9. The molecule has 4 heteroatoms. The zero-order valence-corrected chi connectivity index (χ0v) is 13.9. The number of ether oxygens (including phenoxy) is 1. The molecular weight excluding hydrogens is 334 g/mol. The minimum atomic E-state index is -0.480. The van der Waals surface area contributed by atoms with Gasteiger partial charge in [-0.05, 0) is 41.5 Å². The first-order chi connectivity index (χ1) is 12.6. The highest BCUT2D eigenvalue weighted by Gasteiger charge is 2.12. The summed E-state index contributed by atoms with van der Waals surface area (Å²) in [6, 6.07) is 19.0. The molecule has 0 aliphatic heterocycles.